The van der Waals surface area contributed by atoms with Crippen LogP contribution in [-0.2, 0) is 4.79 Å². The lowest BCUT2D eigenvalue weighted by Gasteiger charge is -2.16. The summed E-state index contributed by atoms with van der Waals surface area (Å²) >= 11 is 0. The highest BCUT2D eigenvalue weighted by Gasteiger charge is 2.30. The van der Waals surface area contributed by atoms with Gasteiger partial charge in [-0.3, -0.25) is 14.9 Å². The largest absolute Gasteiger partial charge is 0.327 e. The van der Waals surface area contributed by atoms with Crippen LogP contribution in [0.1, 0.15) is 24.8 Å². The summed E-state index contributed by atoms with van der Waals surface area (Å²) in [5.41, 5.74) is 6.84. The molecule has 0 radical (unpaired) electrons. The Morgan fingerprint density at radius 1 is 1.47 bits per heavy atom. The molecule has 0 aromatic heterocycles. The first-order valence-corrected chi connectivity index (χ1v) is 6.31. The average molecular weight is 263 g/mol. The third-order valence-corrected chi connectivity index (χ3v) is 3.67. The number of rotatable bonds is 3. The van der Waals surface area contributed by atoms with E-state index in [0.29, 0.717) is 11.3 Å². The molecule has 0 aliphatic heterocycles. The van der Waals surface area contributed by atoms with Gasteiger partial charge in [0, 0.05) is 12.1 Å². The zero-order valence-corrected chi connectivity index (χ0v) is 10.8. The molecular formula is C13H17N3O3. The fourth-order valence-corrected chi connectivity index (χ4v) is 2.50. The van der Waals surface area contributed by atoms with Crippen LogP contribution in [0.25, 0.3) is 0 Å². The van der Waals surface area contributed by atoms with Crippen LogP contribution in [0.2, 0.25) is 0 Å². The van der Waals surface area contributed by atoms with Gasteiger partial charge in [-0.1, -0.05) is 12.5 Å². The van der Waals surface area contributed by atoms with E-state index in [1.54, 1.807) is 19.1 Å². The molecule has 3 N–H and O–H groups in total. The maximum Gasteiger partial charge on any atom is 0.274 e. The Morgan fingerprint density at radius 2 is 2.21 bits per heavy atom. The highest BCUT2D eigenvalue weighted by atomic mass is 16.6. The number of carbonyl (C=O) groups is 1. The molecule has 2 atom stereocenters. The molecule has 102 valence electrons. The molecule has 0 bridgehead atoms. The fourth-order valence-electron chi connectivity index (χ4n) is 2.50. The molecule has 6 nitrogen and oxygen atoms in total. The van der Waals surface area contributed by atoms with Crippen LogP contribution >= 0.6 is 0 Å². The highest BCUT2D eigenvalue weighted by molar-refractivity contribution is 5.94. The van der Waals surface area contributed by atoms with E-state index in [2.05, 4.69) is 5.32 Å². The Morgan fingerprint density at radius 3 is 2.79 bits per heavy atom. The van der Waals surface area contributed by atoms with Crippen molar-refractivity contribution in [2.75, 3.05) is 5.32 Å². The van der Waals surface area contributed by atoms with Gasteiger partial charge in [-0.15, -0.1) is 0 Å². The maximum absolute atomic E-state index is 12.1. The van der Waals surface area contributed by atoms with Crippen LogP contribution in [0, 0.1) is 23.0 Å². The van der Waals surface area contributed by atoms with Crippen molar-refractivity contribution >= 4 is 17.3 Å². The molecule has 0 spiro atoms. The molecule has 1 amide bonds. The van der Waals surface area contributed by atoms with Crippen molar-refractivity contribution in [2.24, 2.45) is 11.7 Å². The van der Waals surface area contributed by atoms with Crippen LogP contribution in [0.15, 0.2) is 18.2 Å². The Hall–Kier alpha value is -1.95. The van der Waals surface area contributed by atoms with Crippen LogP contribution in [0.5, 0.6) is 0 Å². The summed E-state index contributed by atoms with van der Waals surface area (Å²) in [6.07, 6.45) is 2.58. The van der Waals surface area contributed by atoms with E-state index < -0.39 is 4.92 Å². The topological polar surface area (TPSA) is 98.3 Å². The van der Waals surface area contributed by atoms with E-state index in [1.165, 1.54) is 6.07 Å². The number of nitrogens with two attached hydrogens (primary N) is 1. The van der Waals surface area contributed by atoms with Crippen molar-refractivity contribution in [3.8, 4) is 0 Å². The second-order valence-corrected chi connectivity index (χ2v) is 4.90. The maximum atomic E-state index is 12.1. The van der Waals surface area contributed by atoms with E-state index >= 15 is 0 Å². The first kappa shape index (κ1) is 13.5. The number of nitro groups is 1. The third-order valence-electron chi connectivity index (χ3n) is 3.67. The van der Waals surface area contributed by atoms with Gasteiger partial charge < -0.3 is 11.1 Å². The normalized spacial score (nSPS) is 22.2. The Kier molecular flexibility index (Phi) is 3.80. The predicted octanol–water partition coefficient (Wildman–Crippen LogP) is 1.97. The minimum absolute atomic E-state index is 0.00789. The smallest absolute Gasteiger partial charge is 0.274 e. The number of hydrogen-bond donors (Lipinski definition) is 2. The number of benzene rings is 1. The van der Waals surface area contributed by atoms with Gasteiger partial charge in [-0.2, -0.15) is 0 Å². The second-order valence-electron chi connectivity index (χ2n) is 4.90. The molecule has 0 saturated heterocycles. The molecule has 1 aromatic rings. The summed E-state index contributed by atoms with van der Waals surface area (Å²) in [5.74, 6) is -0.340. The van der Waals surface area contributed by atoms with Gasteiger partial charge in [0.1, 0.15) is 0 Å². The van der Waals surface area contributed by atoms with Gasteiger partial charge in [-0.25, -0.2) is 0 Å². The van der Waals surface area contributed by atoms with Gasteiger partial charge in [0.2, 0.25) is 5.91 Å². The lowest BCUT2D eigenvalue weighted by Crippen LogP contribution is -2.34. The summed E-state index contributed by atoms with van der Waals surface area (Å²) in [6, 6.07) is 4.54. The summed E-state index contributed by atoms with van der Waals surface area (Å²) < 4.78 is 0. The molecule has 1 aliphatic rings. The van der Waals surface area contributed by atoms with E-state index in [1.807, 2.05) is 0 Å². The van der Waals surface area contributed by atoms with E-state index in [-0.39, 0.29) is 23.6 Å². The average Bonchev–Trinajstić information content (AvgIpc) is 2.77. The molecule has 1 aliphatic carbocycles. The third kappa shape index (κ3) is 2.73. The van der Waals surface area contributed by atoms with Crippen LogP contribution in [0.4, 0.5) is 11.4 Å². The van der Waals surface area contributed by atoms with Crippen molar-refractivity contribution < 1.29 is 9.72 Å². The number of nitrogens with zero attached hydrogens (tertiary/aromatic N) is 1. The molecule has 0 heterocycles. The first-order valence-electron chi connectivity index (χ1n) is 6.31. The van der Waals surface area contributed by atoms with E-state index in [0.717, 1.165) is 19.3 Å². The monoisotopic (exact) mass is 263 g/mol. The number of anilines is 1. The number of hydrogen-bond acceptors (Lipinski definition) is 4. The number of amides is 1. The lowest BCUT2D eigenvalue weighted by molar-refractivity contribution is -0.385. The lowest BCUT2D eigenvalue weighted by atomic mass is 10.0. The van der Waals surface area contributed by atoms with Crippen LogP contribution < -0.4 is 11.1 Å². The molecular weight excluding hydrogens is 246 g/mol. The van der Waals surface area contributed by atoms with Crippen LogP contribution in [-0.4, -0.2) is 16.9 Å². The SMILES string of the molecule is Cc1c(NC(=O)C2CCCC2N)cccc1[N+](=O)[O-]. The van der Waals surface area contributed by atoms with Crippen molar-refractivity contribution in [1.29, 1.82) is 0 Å². The molecule has 2 rings (SSSR count). The van der Waals surface area contributed by atoms with Crippen LogP contribution in [0.3, 0.4) is 0 Å². The Labute approximate surface area is 111 Å². The predicted molar refractivity (Wildman–Crippen MR) is 71.8 cm³/mol. The summed E-state index contributed by atoms with van der Waals surface area (Å²) in [6.45, 7) is 1.63. The number of nitro benzene ring substituents is 1. The van der Waals surface area contributed by atoms with Gasteiger partial charge >= 0.3 is 0 Å². The molecule has 19 heavy (non-hydrogen) atoms. The van der Waals surface area contributed by atoms with Gasteiger partial charge in [0.05, 0.1) is 22.1 Å². The Bertz CT molecular complexity index is 516. The standard InChI is InChI=1S/C13H17N3O3/c1-8-11(6-3-7-12(8)16(18)19)15-13(17)9-4-2-5-10(9)14/h3,6-7,9-10H,2,4-5,14H2,1H3,(H,15,17). The minimum Gasteiger partial charge on any atom is -0.327 e. The van der Waals surface area contributed by atoms with Crippen molar-refractivity contribution in [3.05, 3.63) is 33.9 Å². The van der Waals surface area contributed by atoms with Gasteiger partial charge in [0.25, 0.3) is 5.69 Å². The van der Waals surface area contributed by atoms with E-state index in [9.17, 15) is 14.9 Å². The molecule has 2 unspecified atom stereocenters. The zero-order valence-electron chi connectivity index (χ0n) is 10.8. The van der Waals surface area contributed by atoms with Crippen molar-refractivity contribution in [3.63, 3.8) is 0 Å². The van der Waals surface area contributed by atoms with Gasteiger partial charge in [0.15, 0.2) is 0 Å². The van der Waals surface area contributed by atoms with Crippen molar-refractivity contribution in [1.82, 2.24) is 0 Å². The molecule has 1 fully saturated rings. The number of carbonyl (C=O) groups excluding carboxylic acids is 1. The molecule has 6 heteroatoms. The fraction of sp³-hybridized carbons (Fsp3) is 0.462. The minimum atomic E-state index is -0.452. The molecule has 1 saturated carbocycles. The highest BCUT2D eigenvalue weighted by Crippen LogP contribution is 2.28. The second kappa shape index (κ2) is 5.36. The Balaban J connectivity index is 2.17. The quantitative estimate of drug-likeness (QED) is 0.643. The summed E-state index contributed by atoms with van der Waals surface area (Å²) in [5, 5.41) is 13.6. The first-order chi connectivity index (χ1) is 9.00. The molecule has 1 aromatic carbocycles. The zero-order chi connectivity index (χ0) is 14.0. The van der Waals surface area contributed by atoms with Crippen molar-refractivity contribution in [2.45, 2.75) is 32.2 Å². The number of nitrogens with one attached hydrogen (secondary N) is 1. The van der Waals surface area contributed by atoms with E-state index in [4.69, 9.17) is 5.73 Å². The summed E-state index contributed by atoms with van der Waals surface area (Å²) in [4.78, 5) is 22.5. The summed E-state index contributed by atoms with van der Waals surface area (Å²) in [7, 11) is 0. The van der Waals surface area contributed by atoms with Gasteiger partial charge in [-0.05, 0) is 25.8 Å².